The Morgan fingerprint density at radius 2 is 1.76 bits per heavy atom. The average Bonchev–Trinajstić information content (AvgIpc) is 3.29. The second kappa shape index (κ2) is 7.69. The summed E-state index contributed by atoms with van der Waals surface area (Å²) in [7, 11) is 0. The molecule has 0 atom stereocenters. The van der Waals surface area contributed by atoms with Gasteiger partial charge in [-0.05, 0) is 42.7 Å². The molecule has 0 aliphatic heterocycles. The molecule has 7 heteroatoms. The van der Waals surface area contributed by atoms with Gasteiger partial charge in [-0.15, -0.1) is 0 Å². The van der Waals surface area contributed by atoms with Gasteiger partial charge in [0.25, 0.3) is 5.56 Å². The molecule has 0 unspecified atom stereocenters. The van der Waals surface area contributed by atoms with E-state index in [9.17, 15) is 14.7 Å². The number of pyridine rings is 1. The number of rotatable bonds is 2. The quantitative estimate of drug-likeness (QED) is 0.331. The van der Waals surface area contributed by atoms with Crippen molar-refractivity contribution in [3.05, 3.63) is 63.0 Å². The number of aromatic amines is 2. The average molecular weight is 444 g/mol. The SMILES string of the molecule is O=c1ccc2c(c1)oc1c(-c3cccc(O)c3)c3c(=O)[nH]n(C4CCCCCCC4)c3[nH]c12. The molecule has 3 aromatic heterocycles. The van der Waals surface area contributed by atoms with Gasteiger partial charge >= 0.3 is 0 Å². The van der Waals surface area contributed by atoms with Gasteiger partial charge in [0.05, 0.1) is 16.9 Å². The summed E-state index contributed by atoms with van der Waals surface area (Å²) < 4.78 is 8.13. The zero-order valence-electron chi connectivity index (χ0n) is 18.2. The molecule has 0 amide bonds. The number of furan rings is 1. The van der Waals surface area contributed by atoms with E-state index in [1.165, 1.54) is 31.4 Å². The molecule has 168 valence electrons. The van der Waals surface area contributed by atoms with Crippen molar-refractivity contribution < 1.29 is 9.52 Å². The van der Waals surface area contributed by atoms with Gasteiger partial charge in [-0.25, -0.2) is 0 Å². The fourth-order valence-electron chi connectivity index (χ4n) is 5.32. The van der Waals surface area contributed by atoms with Crippen molar-refractivity contribution in [1.29, 1.82) is 0 Å². The number of hydrogen-bond acceptors (Lipinski definition) is 4. The van der Waals surface area contributed by atoms with E-state index in [0.29, 0.717) is 33.3 Å². The minimum atomic E-state index is -0.200. The van der Waals surface area contributed by atoms with Gasteiger partial charge < -0.3 is 14.5 Å². The van der Waals surface area contributed by atoms with Gasteiger partial charge in [0, 0.05) is 17.0 Å². The predicted octanol–water partition coefficient (Wildman–Crippen LogP) is 5.58. The monoisotopic (exact) mass is 443 g/mol. The van der Waals surface area contributed by atoms with Crippen LogP contribution in [0.2, 0.25) is 0 Å². The van der Waals surface area contributed by atoms with Crippen LogP contribution in [-0.2, 0) is 0 Å². The highest BCUT2D eigenvalue weighted by atomic mass is 16.3. The smallest absolute Gasteiger partial charge is 0.274 e. The van der Waals surface area contributed by atoms with Crippen molar-refractivity contribution in [2.75, 3.05) is 0 Å². The highest BCUT2D eigenvalue weighted by molar-refractivity contribution is 6.14. The number of nitrogens with one attached hydrogen (secondary N) is 2. The van der Waals surface area contributed by atoms with Crippen molar-refractivity contribution in [1.82, 2.24) is 14.8 Å². The Morgan fingerprint density at radius 1 is 0.970 bits per heavy atom. The van der Waals surface area contributed by atoms with Gasteiger partial charge in [0.1, 0.15) is 17.0 Å². The molecule has 7 nitrogen and oxygen atoms in total. The van der Waals surface area contributed by atoms with Crippen LogP contribution in [0.25, 0.3) is 44.2 Å². The van der Waals surface area contributed by atoms with Crippen molar-refractivity contribution >= 4 is 33.1 Å². The Labute approximate surface area is 188 Å². The van der Waals surface area contributed by atoms with E-state index in [1.54, 1.807) is 24.3 Å². The first-order valence-electron chi connectivity index (χ1n) is 11.6. The molecule has 0 saturated heterocycles. The maximum absolute atomic E-state index is 13.3. The van der Waals surface area contributed by atoms with Crippen LogP contribution in [0, 0.1) is 0 Å². The van der Waals surface area contributed by atoms with Crippen molar-refractivity contribution in [2.45, 2.75) is 51.0 Å². The first-order chi connectivity index (χ1) is 16.1. The van der Waals surface area contributed by atoms with E-state index in [-0.39, 0.29) is 22.8 Å². The number of aromatic nitrogens is 3. The fourth-order valence-corrected chi connectivity index (χ4v) is 5.32. The third-order valence-electron chi connectivity index (χ3n) is 6.88. The first kappa shape index (κ1) is 19.9. The van der Waals surface area contributed by atoms with Crippen LogP contribution in [-0.4, -0.2) is 19.9 Å². The molecule has 3 N–H and O–H groups in total. The molecule has 0 bridgehead atoms. The van der Waals surface area contributed by atoms with E-state index in [2.05, 4.69) is 10.1 Å². The zero-order chi connectivity index (χ0) is 22.5. The molecule has 1 saturated carbocycles. The standard InChI is InChI=1S/C26H25N3O4/c30-17-10-6-7-15(13-17)21-22-25(27-23-19-12-11-18(31)14-20(19)33-24(21)23)29(28-26(22)32)16-8-4-2-1-3-5-9-16/h6-7,10-14,16,27,30H,1-5,8-9H2,(H,28,32). The Hall–Kier alpha value is -3.74. The molecule has 5 aromatic rings. The number of aromatic hydroxyl groups is 1. The number of nitrogens with zero attached hydrogens (tertiary/aromatic N) is 1. The fraction of sp³-hybridized carbons (Fsp3) is 0.308. The second-order valence-corrected chi connectivity index (χ2v) is 9.05. The van der Waals surface area contributed by atoms with Crippen LogP contribution >= 0.6 is 0 Å². The van der Waals surface area contributed by atoms with Gasteiger partial charge in [0.2, 0.25) is 0 Å². The van der Waals surface area contributed by atoms with Crippen molar-refractivity contribution in [2.24, 2.45) is 0 Å². The summed E-state index contributed by atoms with van der Waals surface area (Å²) in [6.45, 7) is 0. The van der Waals surface area contributed by atoms with Crippen LogP contribution < -0.4 is 11.0 Å². The summed E-state index contributed by atoms with van der Waals surface area (Å²) in [5.74, 6) is 0.107. The lowest BCUT2D eigenvalue weighted by molar-refractivity contribution is 0.353. The van der Waals surface area contributed by atoms with Gasteiger partial charge in [-0.3, -0.25) is 19.4 Å². The topological polar surface area (TPSA) is 104 Å². The lowest BCUT2D eigenvalue weighted by atomic mass is 9.96. The molecule has 0 spiro atoms. The van der Waals surface area contributed by atoms with E-state index < -0.39 is 0 Å². The summed E-state index contributed by atoms with van der Waals surface area (Å²) in [6, 6.07) is 11.8. The minimum absolute atomic E-state index is 0.107. The summed E-state index contributed by atoms with van der Waals surface area (Å²) in [4.78, 5) is 28.8. The third kappa shape index (κ3) is 3.26. The van der Waals surface area contributed by atoms with Crippen LogP contribution in [0.15, 0.2) is 56.5 Å². The highest BCUT2D eigenvalue weighted by Gasteiger charge is 2.24. The maximum Gasteiger partial charge on any atom is 0.274 e. The molecular formula is C26H25N3O4. The normalized spacial score (nSPS) is 15.9. The number of phenolic OH excluding ortho intramolecular Hbond substituents is 1. The lowest BCUT2D eigenvalue weighted by Gasteiger charge is -2.21. The van der Waals surface area contributed by atoms with Crippen LogP contribution in [0.3, 0.4) is 0 Å². The molecule has 33 heavy (non-hydrogen) atoms. The second-order valence-electron chi connectivity index (χ2n) is 9.05. The van der Waals surface area contributed by atoms with E-state index in [0.717, 1.165) is 36.6 Å². The molecular weight excluding hydrogens is 418 g/mol. The summed E-state index contributed by atoms with van der Waals surface area (Å²) >= 11 is 0. The molecule has 1 aliphatic rings. The Morgan fingerprint density at radius 3 is 2.55 bits per heavy atom. The molecule has 3 heterocycles. The van der Waals surface area contributed by atoms with Gasteiger partial charge in [0.15, 0.2) is 11.0 Å². The van der Waals surface area contributed by atoms with E-state index >= 15 is 0 Å². The largest absolute Gasteiger partial charge is 0.508 e. The lowest BCUT2D eigenvalue weighted by Crippen LogP contribution is -2.15. The van der Waals surface area contributed by atoms with E-state index in [4.69, 9.17) is 4.42 Å². The highest BCUT2D eigenvalue weighted by Crippen LogP contribution is 2.39. The molecule has 1 fully saturated rings. The number of benzene rings is 2. The van der Waals surface area contributed by atoms with E-state index in [1.807, 2.05) is 10.7 Å². The molecule has 6 rings (SSSR count). The van der Waals surface area contributed by atoms with Gasteiger partial charge in [-0.2, -0.15) is 0 Å². The molecule has 1 aliphatic carbocycles. The Bertz CT molecular complexity index is 1610. The number of phenols is 1. The molecule has 2 aromatic carbocycles. The third-order valence-corrected chi connectivity index (χ3v) is 6.88. The van der Waals surface area contributed by atoms with Crippen LogP contribution in [0.4, 0.5) is 0 Å². The Balaban J connectivity index is 1.72. The zero-order valence-corrected chi connectivity index (χ0v) is 18.2. The van der Waals surface area contributed by atoms with Crippen molar-refractivity contribution in [3.8, 4) is 16.9 Å². The van der Waals surface area contributed by atoms with Crippen molar-refractivity contribution in [3.63, 3.8) is 0 Å². The van der Waals surface area contributed by atoms with Crippen LogP contribution in [0.5, 0.6) is 5.75 Å². The maximum atomic E-state index is 13.3. The number of hydrogen-bond donors (Lipinski definition) is 3. The number of fused-ring (bicyclic) bond motifs is 4. The minimum Gasteiger partial charge on any atom is -0.508 e. The predicted molar refractivity (Wildman–Crippen MR) is 129 cm³/mol. The molecule has 0 radical (unpaired) electrons. The summed E-state index contributed by atoms with van der Waals surface area (Å²) in [5.41, 5.74) is 3.37. The first-order valence-corrected chi connectivity index (χ1v) is 11.6. The Kier molecular flexibility index (Phi) is 4.64. The number of H-pyrrole nitrogens is 2. The van der Waals surface area contributed by atoms with Gasteiger partial charge in [-0.1, -0.05) is 44.2 Å². The van der Waals surface area contributed by atoms with Crippen LogP contribution in [0.1, 0.15) is 51.0 Å². The summed E-state index contributed by atoms with van der Waals surface area (Å²) in [5, 5.41) is 14.5. The summed E-state index contributed by atoms with van der Waals surface area (Å²) in [6.07, 6.45) is 7.99.